The molecule has 38 heavy (non-hydrogen) atoms. The van der Waals surface area contributed by atoms with Crippen molar-refractivity contribution in [2.75, 3.05) is 32.7 Å². The minimum Gasteiger partial charge on any atom is -0.299 e. The summed E-state index contributed by atoms with van der Waals surface area (Å²) in [6.45, 7) is 6.39. The van der Waals surface area contributed by atoms with Crippen LogP contribution in [-0.4, -0.2) is 50.9 Å². The highest BCUT2D eigenvalue weighted by Gasteiger charge is 2.23. The van der Waals surface area contributed by atoms with Gasteiger partial charge in [0.05, 0.1) is 4.90 Å². The number of hydrogen-bond donors (Lipinski definition) is 1. The lowest BCUT2D eigenvalue weighted by Gasteiger charge is -2.32. The van der Waals surface area contributed by atoms with Gasteiger partial charge in [0.15, 0.2) is 0 Å². The molecule has 2 heterocycles. The number of nitrogens with one attached hydrogen (secondary N) is 1. The Morgan fingerprint density at radius 2 is 1.21 bits per heavy atom. The molecule has 0 aromatic heterocycles. The van der Waals surface area contributed by atoms with Crippen molar-refractivity contribution in [2.45, 2.75) is 43.7 Å². The number of halogens is 2. The standard InChI is InChI=1S/C30H37N3O2S.2ClH/c34-36(35,31-22-25-13-17-32(18-14-25)23-26-7-3-1-4-8-26)30-12-11-28-15-19-33(20-16-29(28)21-30)24-27-9-5-2-6-10-27;;/h1-12,21,25,31H,13-20,22-24H2;2*1H. The molecule has 0 bridgehead atoms. The van der Waals surface area contributed by atoms with Gasteiger partial charge in [0.1, 0.15) is 0 Å². The van der Waals surface area contributed by atoms with Crippen LogP contribution in [0.1, 0.15) is 35.1 Å². The molecule has 2 aliphatic rings. The fourth-order valence-corrected chi connectivity index (χ4v) is 6.58. The van der Waals surface area contributed by atoms with Crippen molar-refractivity contribution >= 4 is 34.8 Å². The Morgan fingerprint density at radius 3 is 1.79 bits per heavy atom. The van der Waals surface area contributed by atoms with Crippen molar-refractivity contribution in [3.05, 3.63) is 101 Å². The molecule has 1 saturated heterocycles. The molecule has 0 saturated carbocycles. The first-order valence-corrected chi connectivity index (χ1v) is 14.7. The summed E-state index contributed by atoms with van der Waals surface area (Å²) in [6, 6.07) is 26.8. The first-order chi connectivity index (χ1) is 17.5. The topological polar surface area (TPSA) is 52.7 Å². The maximum atomic E-state index is 13.1. The molecule has 1 fully saturated rings. The average Bonchev–Trinajstić information content (AvgIpc) is 3.11. The van der Waals surface area contributed by atoms with E-state index < -0.39 is 10.0 Å². The van der Waals surface area contributed by atoms with Gasteiger partial charge < -0.3 is 0 Å². The van der Waals surface area contributed by atoms with Gasteiger partial charge in [-0.1, -0.05) is 66.7 Å². The zero-order valence-corrected chi connectivity index (χ0v) is 24.2. The molecule has 0 spiro atoms. The molecule has 0 amide bonds. The Kier molecular flexibility index (Phi) is 11.6. The number of piperidine rings is 1. The van der Waals surface area contributed by atoms with Crippen LogP contribution in [0.25, 0.3) is 0 Å². The molecular weight excluding hydrogens is 537 g/mol. The van der Waals surface area contributed by atoms with E-state index in [0.717, 1.165) is 65.0 Å². The molecule has 3 aromatic carbocycles. The van der Waals surface area contributed by atoms with Crippen molar-refractivity contribution in [1.29, 1.82) is 0 Å². The normalized spacial score (nSPS) is 17.1. The molecule has 0 atom stereocenters. The second-order valence-corrected chi connectivity index (χ2v) is 12.0. The Hall–Kier alpha value is -1.93. The van der Waals surface area contributed by atoms with Gasteiger partial charge in [0.2, 0.25) is 10.0 Å². The van der Waals surface area contributed by atoms with Gasteiger partial charge in [-0.25, -0.2) is 13.1 Å². The van der Waals surface area contributed by atoms with Crippen molar-refractivity contribution in [3.63, 3.8) is 0 Å². The molecule has 8 heteroatoms. The Bertz CT molecular complexity index is 1230. The summed E-state index contributed by atoms with van der Waals surface area (Å²) < 4.78 is 29.2. The Labute approximate surface area is 240 Å². The molecule has 3 aromatic rings. The van der Waals surface area contributed by atoms with Crippen LogP contribution in [0.2, 0.25) is 0 Å². The van der Waals surface area contributed by atoms with E-state index in [4.69, 9.17) is 0 Å². The number of benzene rings is 3. The van der Waals surface area contributed by atoms with E-state index in [1.165, 1.54) is 22.3 Å². The van der Waals surface area contributed by atoms with Gasteiger partial charge in [-0.2, -0.15) is 0 Å². The van der Waals surface area contributed by atoms with Crippen LogP contribution in [0.5, 0.6) is 0 Å². The number of fused-ring (bicyclic) bond motifs is 1. The van der Waals surface area contributed by atoms with Crippen LogP contribution in [0.3, 0.4) is 0 Å². The summed E-state index contributed by atoms with van der Waals surface area (Å²) in [4.78, 5) is 5.33. The van der Waals surface area contributed by atoms with E-state index in [0.29, 0.717) is 17.4 Å². The third-order valence-corrected chi connectivity index (χ3v) is 9.07. The van der Waals surface area contributed by atoms with Crippen LogP contribution in [-0.2, 0) is 36.0 Å². The lowest BCUT2D eigenvalue weighted by molar-refractivity contribution is 0.178. The van der Waals surface area contributed by atoms with Crippen LogP contribution in [0.4, 0.5) is 0 Å². The molecule has 0 radical (unpaired) electrons. The molecular formula is C30H39Cl2N3O2S. The number of rotatable bonds is 8. The molecule has 0 unspecified atom stereocenters. The number of nitrogens with zero attached hydrogens (tertiary/aromatic N) is 2. The van der Waals surface area contributed by atoms with Gasteiger partial charge >= 0.3 is 0 Å². The summed E-state index contributed by atoms with van der Waals surface area (Å²) in [5.74, 6) is 0.388. The lowest BCUT2D eigenvalue weighted by atomic mass is 9.97. The SMILES string of the molecule is Cl.Cl.O=S(=O)(NCC1CCN(Cc2ccccc2)CC1)c1ccc2c(c1)CCN(Cc1ccccc1)CC2. The molecule has 0 aliphatic carbocycles. The maximum absolute atomic E-state index is 13.1. The van der Waals surface area contributed by atoms with E-state index in [9.17, 15) is 8.42 Å². The van der Waals surface area contributed by atoms with Crippen LogP contribution in [0.15, 0.2) is 83.8 Å². The Morgan fingerprint density at radius 1 is 0.684 bits per heavy atom. The van der Waals surface area contributed by atoms with Gasteiger partial charge in [0, 0.05) is 32.7 Å². The van der Waals surface area contributed by atoms with Gasteiger partial charge in [-0.3, -0.25) is 9.80 Å². The fourth-order valence-electron chi connectivity index (χ4n) is 5.42. The number of hydrogen-bond acceptors (Lipinski definition) is 4. The van der Waals surface area contributed by atoms with Crippen LogP contribution >= 0.6 is 24.8 Å². The smallest absolute Gasteiger partial charge is 0.240 e. The van der Waals surface area contributed by atoms with E-state index in [1.807, 2.05) is 24.3 Å². The van der Waals surface area contributed by atoms with Crippen molar-refractivity contribution in [2.24, 2.45) is 5.92 Å². The first-order valence-electron chi connectivity index (χ1n) is 13.2. The van der Waals surface area contributed by atoms with E-state index >= 15 is 0 Å². The van der Waals surface area contributed by atoms with Crippen molar-refractivity contribution in [3.8, 4) is 0 Å². The zero-order valence-electron chi connectivity index (χ0n) is 21.8. The predicted molar refractivity (Wildman–Crippen MR) is 160 cm³/mol. The van der Waals surface area contributed by atoms with E-state index in [-0.39, 0.29) is 24.8 Å². The van der Waals surface area contributed by atoms with Crippen molar-refractivity contribution < 1.29 is 8.42 Å². The lowest BCUT2D eigenvalue weighted by Crippen LogP contribution is -2.38. The van der Waals surface area contributed by atoms with Gasteiger partial charge in [-0.05, 0) is 79.1 Å². The number of likely N-dealkylation sites (tertiary alicyclic amines) is 1. The summed E-state index contributed by atoms with van der Waals surface area (Å²) >= 11 is 0. The third-order valence-electron chi connectivity index (χ3n) is 7.65. The maximum Gasteiger partial charge on any atom is 0.240 e. The van der Waals surface area contributed by atoms with Gasteiger partial charge in [0.25, 0.3) is 0 Å². The van der Waals surface area contributed by atoms with E-state index in [1.54, 1.807) is 6.07 Å². The minimum absolute atomic E-state index is 0. The van der Waals surface area contributed by atoms with Crippen molar-refractivity contribution in [1.82, 2.24) is 14.5 Å². The van der Waals surface area contributed by atoms with Crippen LogP contribution < -0.4 is 4.72 Å². The Balaban J connectivity index is 0.00000200. The van der Waals surface area contributed by atoms with Gasteiger partial charge in [-0.15, -0.1) is 24.8 Å². The highest BCUT2D eigenvalue weighted by molar-refractivity contribution is 7.89. The summed E-state index contributed by atoms with van der Waals surface area (Å²) in [7, 11) is -3.51. The van der Waals surface area contributed by atoms with Crippen LogP contribution in [0, 0.1) is 5.92 Å². The highest BCUT2D eigenvalue weighted by atomic mass is 35.5. The molecule has 2 aliphatic heterocycles. The first kappa shape index (κ1) is 30.6. The second kappa shape index (κ2) is 14.5. The zero-order chi connectivity index (χ0) is 24.8. The summed E-state index contributed by atoms with van der Waals surface area (Å²) in [5.41, 5.74) is 5.10. The quantitative estimate of drug-likeness (QED) is 0.395. The third kappa shape index (κ3) is 8.28. The fraction of sp³-hybridized carbons (Fsp3) is 0.400. The summed E-state index contributed by atoms with van der Waals surface area (Å²) in [5, 5.41) is 0. The molecule has 206 valence electrons. The minimum atomic E-state index is -3.51. The second-order valence-electron chi connectivity index (χ2n) is 10.2. The molecule has 5 nitrogen and oxygen atoms in total. The average molecular weight is 577 g/mol. The number of sulfonamides is 1. The van der Waals surface area contributed by atoms with E-state index in [2.05, 4.69) is 63.1 Å². The summed E-state index contributed by atoms with van der Waals surface area (Å²) in [6.07, 6.45) is 3.89. The largest absolute Gasteiger partial charge is 0.299 e. The predicted octanol–water partition coefficient (Wildman–Crippen LogP) is 5.32. The highest BCUT2D eigenvalue weighted by Crippen LogP contribution is 2.23. The monoisotopic (exact) mass is 575 g/mol. The molecule has 5 rings (SSSR count). The molecule has 1 N–H and O–H groups in total.